The highest BCUT2D eigenvalue weighted by molar-refractivity contribution is 5.71. The Morgan fingerprint density at radius 3 is 1.59 bits per heavy atom. The van der Waals surface area contributed by atoms with Gasteiger partial charge in [0.25, 0.3) is 0 Å². The van der Waals surface area contributed by atoms with Crippen molar-refractivity contribution in [3.8, 4) is 0 Å². The molecule has 0 unspecified atom stereocenters. The molecule has 7 heteroatoms. The minimum absolute atomic E-state index is 0.0895. The SMILES string of the molecule is NCCCC(=O)OC(COC(=O)CCC1CCCCC1)COC(=O)CCC1CCCCC1. The van der Waals surface area contributed by atoms with E-state index in [4.69, 9.17) is 19.9 Å². The van der Waals surface area contributed by atoms with Crippen molar-refractivity contribution in [1.29, 1.82) is 0 Å². The Labute approximate surface area is 193 Å². The Bertz CT molecular complexity index is 517. The molecule has 0 bridgehead atoms. The molecule has 0 spiro atoms. The van der Waals surface area contributed by atoms with Gasteiger partial charge in [-0.25, -0.2) is 0 Å². The molecule has 0 radical (unpaired) electrons. The molecule has 0 saturated heterocycles. The summed E-state index contributed by atoms with van der Waals surface area (Å²) >= 11 is 0. The van der Waals surface area contributed by atoms with Crippen LogP contribution in [0.1, 0.15) is 103 Å². The van der Waals surface area contributed by atoms with Gasteiger partial charge in [-0.3, -0.25) is 14.4 Å². The second-order valence-electron chi connectivity index (χ2n) is 9.46. The van der Waals surface area contributed by atoms with Crippen molar-refractivity contribution in [2.45, 2.75) is 109 Å². The number of rotatable bonds is 14. The number of ether oxygens (including phenoxy) is 3. The Morgan fingerprint density at radius 2 is 1.16 bits per heavy atom. The molecule has 7 nitrogen and oxygen atoms in total. The third-order valence-electron chi connectivity index (χ3n) is 6.71. The van der Waals surface area contributed by atoms with Crippen LogP contribution in [0.5, 0.6) is 0 Å². The first-order valence-corrected chi connectivity index (χ1v) is 12.8. The number of esters is 3. The topological polar surface area (TPSA) is 105 Å². The van der Waals surface area contributed by atoms with Crippen LogP contribution in [0.2, 0.25) is 0 Å². The summed E-state index contributed by atoms with van der Waals surface area (Å²) in [6.07, 6.45) is 14.7. The van der Waals surface area contributed by atoms with E-state index in [2.05, 4.69) is 0 Å². The Morgan fingerprint density at radius 1 is 0.688 bits per heavy atom. The third-order valence-corrected chi connectivity index (χ3v) is 6.71. The summed E-state index contributed by atoms with van der Waals surface area (Å²) in [5, 5.41) is 0. The number of hydrogen-bond donors (Lipinski definition) is 1. The minimum Gasteiger partial charge on any atom is -0.462 e. The first kappa shape index (κ1) is 26.6. The van der Waals surface area contributed by atoms with E-state index in [1.807, 2.05) is 0 Å². The van der Waals surface area contributed by atoms with Crippen molar-refractivity contribution in [2.75, 3.05) is 19.8 Å². The van der Waals surface area contributed by atoms with Crippen LogP contribution in [-0.2, 0) is 28.6 Å². The fraction of sp³-hybridized carbons (Fsp3) is 0.880. The van der Waals surface area contributed by atoms with Gasteiger partial charge >= 0.3 is 17.9 Å². The van der Waals surface area contributed by atoms with Crippen LogP contribution in [0.4, 0.5) is 0 Å². The van der Waals surface area contributed by atoms with Gasteiger partial charge in [0.05, 0.1) is 0 Å². The van der Waals surface area contributed by atoms with Gasteiger partial charge in [0.15, 0.2) is 6.10 Å². The molecule has 0 aliphatic heterocycles. The molecule has 0 aromatic carbocycles. The average molecular weight is 454 g/mol. The fourth-order valence-electron chi connectivity index (χ4n) is 4.72. The molecule has 2 aliphatic rings. The summed E-state index contributed by atoms with van der Waals surface area (Å²) < 4.78 is 16.1. The predicted molar refractivity (Wildman–Crippen MR) is 122 cm³/mol. The molecule has 0 amide bonds. The van der Waals surface area contributed by atoms with E-state index in [0.717, 1.165) is 12.8 Å². The molecule has 184 valence electrons. The zero-order chi connectivity index (χ0) is 23.0. The molecule has 32 heavy (non-hydrogen) atoms. The highest BCUT2D eigenvalue weighted by Gasteiger charge is 2.21. The van der Waals surface area contributed by atoms with Crippen molar-refractivity contribution < 1.29 is 28.6 Å². The van der Waals surface area contributed by atoms with Gasteiger partial charge in [-0.2, -0.15) is 0 Å². The monoisotopic (exact) mass is 453 g/mol. The molecule has 2 aliphatic carbocycles. The maximum Gasteiger partial charge on any atom is 0.306 e. The smallest absolute Gasteiger partial charge is 0.306 e. The normalized spacial score (nSPS) is 17.8. The number of carbonyl (C=O) groups is 3. The summed E-state index contributed by atoms with van der Waals surface area (Å²) in [4.78, 5) is 36.4. The molecule has 0 aromatic heterocycles. The van der Waals surface area contributed by atoms with E-state index in [-0.39, 0.29) is 31.6 Å². The van der Waals surface area contributed by atoms with E-state index < -0.39 is 12.1 Å². The fourth-order valence-corrected chi connectivity index (χ4v) is 4.72. The third kappa shape index (κ3) is 11.8. The van der Waals surface area contributed by atoms with Gasteiger partial charge in [-0.05, 0) is 37.6 Å². The van der Waals surface area contributed by atoms with Gasteiger partial charge in [0.2, 0.25) is 0 Å². The number of nitrogens with two attached hydrogens (primary N) is 1. The van der Waals surface area contributed by atoms with E-state index in [9.17, 15) is 14.4 Å². The summed E-state index contributed by atoms with van der Waals surface area (Å²) in [7, 11) is 0. The highest BCUT2D eigenvalue weighted by atomic mass is 16.6. The standard InChI is InChI=1S/C25H43NO6/c26-17-7-12-25(29)32-22(18-30-23(27)15-13-20-8-3-1-4-9-20)19-31-24(28)16-14-21-10-5-2-6-11-21/h20-22H,1-19,26H2. The lowest BCUT2D eigenvalue weighted by atomic mass is 9.86. The van der Waals surface area contributed by atoms with Crippen LogP contribution in [0.25, 0.3) is 0 Å². The van der Waals surface area contributed by atoms with Crippen molar-refractivity contribution in [2.24, 2.45) is 17.6 Å². The van der Waals surface area contributed by atoms with Crippen LogP contribution in [0.15, 0.2) is 0 Å². The molecule has 2 rings (SSSR count). The molecule has 2 saturated carbocycles. The van der Waals surface area contributed by atoms with E-state index in [1.54, 1.807) is 0 Å². The Balaban J connectivity index is 1.70. The molecular formula is C25H43NO6. The van der Waals surface area contributed by atoms with Crippen molar-refractivity contribution in [3.63, 3.8) is 0 Å². The first-order valence-electron chi connectivity index (χ1n) is 12.8. The zero-order valence-corrected chi connectivity index (χ0v) is 19.7. The van der Waals surface area contributed by atoms with Gasteiger partial charge in [0.1, 0.15) is 13.2 Å². The summed E-state index contributed by atoms with van der Waals surface area (Å²) in [5.74, 6) is 0.207. The van der Waals surface area contributed by atoms with Crippen LogP contribution in [-0.4, -0.2) is 43.8 Å². The lowest BCUT2D eigenvalue weighted by molar-refractivity contribution is -0.167. The van der Waals surface area contributed by atoms with Crippen molar-refractivity contribution >= 4 is 17.9 Å². The van der Waals surface area contributed by atoms with E-state index in [1.165, 1.54) is 64.2 Å². The predicted octanol–water partition coefficient (Wildman–Crippen LogP) is 4.44. The van der Waals surface area contributed by atoms with Crippen LogP contribution < -0.4 is 5.73 Å². The number of carbonyl (C=O) groups excluding carboxylic acids is 3. The van der Waals surface area contributed by atoms with Gasteiger partial charge < -0.3 is 19.9 Å². The maximum atomic E-state index is 12.2. The molecule has 0 heterocycles. The van der Waals surface area contributed by atoms with Crippen LogP contribution in [0.3, 0.4) is 0 Å². The Hall–Kier alpha value is -1.63. The second-order valence-corrected chi connectivity index (χ2v) is 9.46. The summed E-state index contributed by atoms with van der Waals surface area (Å²) in [6, 6.07) is 0. The quantitative estimate of drug-likeness (QED) is 0.306. The highest BCUT2D eigenvalue weighted by Crippen LogP contribution is 2.28. The van der Waals surface area contributed by atoms with E-state index >= 15 is 0 Å². The van der Waals surface area contributed by atoms with Crippen LogP contribution >= 0.6 is 0 Å². The summed E-state index contributed by atoms with van der Waals surface area (Å²) in [5.41, 5.74) is 5.45. The lowest BCUT2D eigenvalue weighted by Gasteiger charge is -2.22. The summed E-state index contributed by atoms with van der Waals surface area (Å²) in [6.45, 7) is 0.216. The van der Waals surface area contributed by atoms with Gasteiger partial charge in [0, 0.05) is 19.3 Å². The zero-order valence-electron chi connectivity index (χ0n) is 19.7. The largest absolute Gasteiger partial charge is 0.462 e. The lowest BCUT2D eigenvalue weighted by Crippen LogP contribution is -2.31. The average Bonchev–Trinajstić information content (AvgIpc) is 2.83. The molecule has 0 aromatic rings. The first-order chi connectivity index (χ1) is 15.6. The van der Waals surface area contributed by atoms with Crippen LogP contribution in [0, 0.1) is 11.8 Å². The molecule has 2 N–H and O–H groups in total. The van der Waals surface area contributed by atoms with Gasteiger partial charge in [-0.15, -0.1) is 0 Å². The van der Waals surface area contributed by atoms with E-state index in [0.29, 0.717) is 37.6 Å². The minimum atomic E-state index is -0.780. The maximum absolute atomic E-state index is 12.2. The molecular weight excluding hydrogens is 410 g/mol. The molecule has 2 fully saturated rings. The molecule has 0 atom stereocenters. The van der Waals surface area contributed by atoms with Crippen molar-refractivity contribution in [1.82, 2.24) is 0 Å². The second kappa shape index (κ2) is 16.1. The number of hydrogen-bond acceptors (Lipinski definition) is 7. The van der Waals surface area contributed by atoms with Crippen molar-refractivity contribution in [3.05, 3.63) is 0 Å². The van der Waals surface area contributed by atoms with Gasteiger partial charge in [-0.1, -0.05) is 64.2 Å². The Kier molecular flexibility index (Phi) is 13.4.